The maximum atomic E-state index is 13.4. The minimum atomic E-state index is -0.316. The molecule has 2 amide bonds. The first-order valence-corrected chi connectivity index (χ1v) is 6.95. The van der Waals surface area contributed by atoms with Crippen LogP contribution in [0.15, 0.2) is 47.1 Å². The van der Waals surface area contributed by atoms with Crippen LogP contribution in [0.2, 0.25) is 0 Å². The van der Waals surface area contributed by atoms with Gasteiger partial charge in [-0.25, -0.2) is 9.18 Å². The van der Waals surface area contributed by atoms with Crippen LogP contribution in [0.5, 0.6) is 0 Å². The van der Waals surface area contributed by atoms with E-state index in [9.17, 15) is 9.18 Å². The second-order valence-corrected chi connectivity index (χ2v) is 4.94. The molecule has 1 aromatic carbocycles. The van der Waals surface area contributed by atoms with Gasteiger partial charge in [0, 0.05) is 24.6 Å². The van der Waals surface area contributed by atoms with Gasteiger partial charge in [-0.3, -0.25) is 0 Å². The summed E-state index contributed by atoms with van der Waals surface area (Å²) in [4.78, 5) is 11.7. The molecule has 0 aliphatic carbocycles. The lowest BCUT2D eigenvalue weighted by Gasteiger charge is -2.14. The van der Waals surface area contributed by atoms with Crippen molar-refractivity contribution in [3.05, 3.63) is 59.8 Å². The van der Waals surface area contributed by atoms with Gasteiger partial charge in [0.05, 0.1) is 6.26 Å². The van der Waals surface area contributed by atoms with Crippen molar-refractivity contribution in [2.45, 2.75) is 32.4 Å². The average molecular weight is 290 g/mol. The fraction of sp³-hybridized carbons (Fsp3) is 0.312. The molecule has 0 radical (unpaired) electrons. The number of hydrogen-bond donors (Lipinski definition) is 2. The van der Waals surface area contributed by atoms with E-state index in [1.54, 1.807) is 24.5 Å². The highest BCUT2D eigenvalue weighted by atomic mass is 19.1. The van der Waals surface area contributed by atoms with Crippen LogP contribution < -0.4 is 10.6 Å². The van der Waals surface area contributed by atoms with Crippen molar-refractivity contribution in [3.63, 3.8) is 0 Å². The monoisotopic (exact) mass is 290 g/mol. The van der Waals surface area contributed by atoms with Gasteiger partial charge in [0.1, 0.15) is 11.6 Å². The van der Waals surface area contributed by atoms with Gasteiger partial charge in [0.25, 0.3) is 0 Å². The molecule has 112 valence electrons. The number of urea groups is 1. The van der Waals surface area contributed by atoms with Crippen LogP contribution in [0.4, 0.5) is 9.18 Å². The van der Waals surface area contributed by atoms with E-state index in [1.807, 2.05) is 19.1 Å². The van der Waals surface area contributed by atoms with E-state index in [0.29, 0.717) is 5.56 Å². The number of rotatable bonds is 6. The van der Waals surface area contributed by atoms with E-state index < -0.39 is 0 Å². The number of benzene rings is 1. The van der Waals surface area contributed by atoms with Crippen molar-refractivity contribution >= 4 is 6.03 Å². The molecule has 2 rings (SSSR count). The highest BCUT2D eigenvalue weighted by Crippen LogP contribution is 2.07. The van der Waals surface area contributed by atoms with Gasteiger partial charge in [0.15, 0.2) is 0 Å². The quantitative estimate of drug-likeness (QED) is 0.858. The van der Waals surface area contributed by atoms with Gasteiger partial charge in [-0.1, -0.05) is 18.2 Å². The molecular weight excluding hydrogens is 271 g/mol. The van der Waals surface area contributed by atoms with E-state index in [0.717, 1.165) is 18.6 Å². The Morgan fingerprint density at radius 3 is 2.81 bits per heavy atom. The van der Waals surface area contributed by atoms with Gasteiger partial charge >= 0.3 is 6.03 Å². The number of nitrogens with one attached hydrogen (secondary N) is 2. The third-order valence-corrected chi connectivity index (χ3v) is 3.18. The van der Waals surface area contributed by atoms with Crippen molar-refractivity contribution in [2.75, 3.05) is 0 Å². The van der Waals surface area contributed by atoms with Gasteiger partial charge in [0.2, 0.25) is 0 Å². The number of carbonyl (C=O) groups is 1. The van der Waals surface area contributed by atoms with Crippen molar-refractivity contribution < 1.29 is 13.6 Å². The van der Waals surface area contributed by atoms with E-state index in [2.05, 4.69) is 10.6 Å². The summed E-state index contributed by atoms with van der Waals surface area (Å²) in [5.41, 5.74) is 0.468. The van der Waals surface area contributed by atoms with E-state index >= 15 is 0 Å². The zero-order valence-corrected chi connectivity index (χ0v) is 11.9. The fourth-order valence-electron chi connectivity index (χ4n) is 1.98. The van der Waals surface area contributed by atoms with Crippen LogP contribution in [-0.4, -0.2) is 12.1 Å². The van der Waals surface area contributed by atoms with Crippen molar-refractivity contribution in [1.82, 2.24) is 10.6 Å². The highest BCUT2D eigenvalue weighted by molar-refractivity contribution is 5.74. The summed E-state index contributed by atoms with van der Waals surface area (Å²) >= 11 is 0. The lowest BCUT2D eigenvalue weighted by molar-refractivity contribution is 0.236. The van der Waals surface area contributed by atoms with Crippen LogP contribution in [0.3, 0.4) is 0 Å². The second-order valence-electron chi connectivity index (χ2n) is 4.94. The smallest absolute Gasteiger partial charge is 0.315 e. The van der Waals surface area contributed by atoms with E-state index in [-0.39, 0.29) is 24.4 Å². The van der Waals surface area contributed by atoms with Crippen LogP contribution >= 0.6 is 0 Å². The Kier molecular flexibility index (Phi) is 5.37. The molecule has 2 N–H and O–H groups in total. The molecule has 0 saturated heterocycles. The molecule has 0 saturated carbocycles. The molecule has 0 bridgehead atoms. The normalized spacial score (nSPS) is 11.9. The Morgan fingerprint density at radius 1 is 1.29 bits per heavy atom. The molecule has 0 fully saturated rings. The molecule has 2 aromatic rings. The summed E-state index contributed by atoms with van der Waals surface area (Å²) in [7, 11) is 0. The van der Waals surface area contributed by atoms with Crippen molar-refractivity contribution in [2.24, 2.45) is 0 Å². The lowest BCUT2D eigenvalue weighted by Crippen LogP contribution is -2.40. The molecule has 21 heavy (non-hydrogen) atoms. The first-order valence-electron chi connectivity index (χ1n) is 6.95. The van der Waals surface area contributed by atoms with Crippen molar-refractivity contribution in [1.29, 1.82) is 0 Å². The topological polar surface area (TPSA) is 54.3 Å². The Balaban J connectivity index is 1.70. The second kappa shape index (κ2) is 7.47. The zero-order valence-electron chi connectivity index (χ0n) is 11.9. The summed E-state index contributed by atoms with van der Waals surface area (Å²) in [6, 6.07) is 9.84. The number of carbonyl (C=O) groups excluding carboxylic acids is 1. The number of amides is 2. The summed E-state index contributed by atoms with van der Waals surface area (Å²) in [6.45, 7) is 2.09. The molecule has 1 aromatic heterocycles. The average Bonchev–Trinajstić information content (AvgIpc) is 2.97. The molecule has 1 heterocycles. The SMILES string of the molecule is C[C@@H](CCc1ccco1)NC(=O)NCc1ccccc1F. The number of aryl methyl sites for hydroxylation is 1. The summed E-state index contributed by atoms with van der Waals surface area (Å²) in [5.74, 6) is 0.582. The zero-order chi connectivity index (χ0) is 15.1. The number of halogens is 1. The third kappa shape index (κ3) is 4.95. The van der Waals surface area contributed by atoms with Crippen LogP contribution in [0.1, 0.15) is 24.7 Å². The van der Waals surface area contributed by atoms with E-state index in [4.69, 9.17) is 4.42 Å². The minimum absolute atomic E-state index is 0.00993. The predicted molar refractivity (Wildman–Crippen MR) is 78.3 cm³/mol. The van der Waals surface area contributed by atoms with Gasteiger partial charge in [-0.2, -0.15) is 0 Å². The molecular formula is C16H19FN2O2. The molecule has 0 aliphatic heterocycles. The molecule has 0 aliphatic rings. The van der Waals surface area contributed by atoms with Crippen LogP contribution in [0, 0.1) is 5.82 Å². The largest absolute Gasteiger partial charge is 0.469 e. The van der Waals surface area contributed by atoms with E-state index in [1.165, 1.54) is 6.07 Å². The third-order valence-electron chi connectivity index (χ3n) is 3.18. The minimum Gasteiger partial charge on any atom is -0.469 e. The number of hydrogen-bond acceptors (Lipinski definition) is 2. The Bertz CT molecular complexity index is 569. The standard InChI is InChI=1S/C16H19FN2O2/c1-12(8-9-14-6-4-10-21-14)19-16(20)18-11-13-5-2-3-7-15(13)17/h2-7,10,12H,8-9,11H2,1H3,(H2,18,19,20)/t12-/m0/s1. The number of furan rings is 1. The van der Waals surface area contributed by atoms with Gasteiger partial charge < -0.3 is 15.1 Å². The fourth-order valence-corrected chi connectivity index (χ4v) is 1.98. The molecule has 5 heteroatoms. The maximum absolute atomic E-state index is 13.4. The summed E-state index contributed by atoms with van der Waals surface area (Å²) < 4.78 is 18.6. The first kappa shape index (κ1) is 15.1. The Labute approximate surface area is 123 Å². The van der Waals surface area contributed by atoms with Crippen molar-refractivity contribution in [3.8, 4) is 0 Å². The molecule has 1 atom stereocenters. The van der Waals surface area contributed by atoms with Gasteiger partial charge in [-0.05, 0) is 31.5 Å². The summed E-state index contributed by atoms with van der Waals surface area (Å²) in [5, 5.41) is 5.47. The lowest BCUT2D eigenvalue weighted by atomic mass is 10.1. The van der Waals surface area contributed by atoms with Gasteiger partial charge in [-0.15, -0.1) is 0 Å². The Morgan fingerprint density at radius 2 is 2.10 bits per heavy atom. The molecule has 4 nitrogen and oxygen atoms in total. The molecule has 0 spiro atoms. The van der Waals surface area contributed by atoms with Crippen LogP contribution in [0.25, 0.3) is 0 Å². The predicted octanol–water partition coefficient (Wildman–Crippen LogP) is 3.24. The first-order chi connectivity index (χ1) is 10.1. The molecule has 0 unspecified atom stereocenters. The highest BCUT2D eigenvalue weighted by Gasteiger charge is 2.09. The summed E-state index contributed by atoms with van der Waals surface area (Å²) in [6.07, 6.45) is 3.18. The Hall–Kier alpha value is -2.30. The maximum Gasteiger partial charge on any atom is 0.315 e. The van der Waals surface area contributed by atoms with Crippen LogP contribution in [-0.2, 0) is 13.0 Å².